The summed E-state index contributed by atoms with van der Waals surface area (Å²) in [6.45, 7) is 9.38. The van der Waals surface area contributed by atoms with Gasteiger partial charge in [-0.3, -0.25) is 4.79 Å². The summed E-state index contributed by atoms with van der Waals surface area (Å²) in [7, 11) is 0. The summed E-state index contributed by atoms with van der Waals surface area (Å²) in [5.41, 5.74) is 3.10. The van der Waals surface area contributed by atoms with E-state index < -0.39 is 11.6 Å². The molecule has 0 aliphatic rings. The fourth-order valence-electron chi connectivity index (χ4n) is 2.80. The highest BCUT2D eigenvalue weighted by molar-refractivity contribution is 6.05. The van der Waals surface area contributed by atoms with Crippen molar-refractivity contribution in [3.63, 3.8) is 0 Å². The molecule has 0 saturated carbocycles. The van der Waals surface area contributed by atoms with Gasteiger partial charge in [-0.25, -0.2) is 4.79 Å². The number of esters is 1. The summed E-state index contributed by atoms with van der Waals surface area (Å²) < 4.78 is 10.6. The van der Waals surface area contributed by atoms with Crippen molar-refractivity contribution in [2.24, 2.45) is 0 Å². The van der Waals surface area contributed by atoms with E-state index in [1.54, 1.807) is 45.0 Å². The Labute approximate surface area is 167 Å². The number of carbonyl (C=O) groups is 2. The van der Waals surface area contributed by atoms with Crippen LogP contribution in [0.25, 0.3) is 0 Å². The number of ether oxygens (including phenoxy) is 2. The van der Waals surface area contributed by atoms with Crippen molar-refractivity contribution in [2.75, 3.05) is 11.9 Å². The molecular formula is C23H29NO4. The van der Waals surface area contributed by atoms with E-state index in [1.165, 1.54) is 0 Å². The van der Waals surface area contributed by atoms with Crippen LogP contribution < -0.4 is 10.1 Å². The zero-order chi connectivity index (χ0) is 20.7. The van der Waals surface area contributed by atoms with Crippen LogP contribution in [0, 0.1) is 0 Å². The molecule has 5 nitrogen and oxygen atoms in total. The predicted molar refractivity (Wildman–Crippen MR) is 111 cm³/mol. The van der Waals surface area contributed by atoms with Crippen LogP contribution in [0.1, 0.15) is 56.1 Å². The second-order valence-electron chi connectivity index (χ2n) is 7.51. The molecule has 0 fully saturated rings. The fraction of sp³-hybridized carbons (Fsp3) is 0.391. The molecule has 0 bridgehead atoms. The third-order valence-corrected chi connectivity index (χ3v) is 4.13. The Morgan fingerprint density at radius 1 is 0.929 bits per heavy atom. The highest BCUT2D eigenvalue weighted by Crippen LogP contribution is 2.23. The maximum absolute atomic E-state index is 12.7. The van der Waals surface area contributed by atoms with Gasteiger partial charge >= 0.3 is 5.97 Å². The minimum Gasteiger partial charge on any atom is -0.482 e. The van der Waals surface area contributed by atoms with Gasteiger partial charge < -0.3 is 14.8 Å². The largest absolute Gasteiger partial charge is 0.482 e. The fourth-order valence-corrected chi connectivity index (χ4v) is 2.80. The predicted octanol–water partition coefficient (Wildman–Crippen LogP) is 4.78. The first-order valence-electron chi connectivity index (χ1n) is 9.60. The molecule has 0 aromatic heterocycles. The summed E-state index contributed by atoms with van der Waals surface area (Å²) in [4.78, 5) is 24.4. The van der Waals surface area contributed by atoms with E-state index in [1.807, 2.05) is 18.2 Å². The Kier molecular flexibility index (Phi) is 7.21. The van der Waals surface area contributed by atoms with Crippen LogP contribution in [0.2, 0.25) is 0 Å². The van der Waals surface area contributed by atoms with Crippen molar-refractivity contribution in [1.82, 2.24) is 0 Å². The molecule has 2 aromatic rings. The van der Waals surface area contributed by atoms with E-state index in [4.69, 9.17) is 9.47 Å². The van der Waals surface area contributed by atoms with Gasteiger partial charge in [0.1, 0.15) is 11.4 Å². The quantitative estimate of drug-likeness (QED) is 0.699. The van der Waals surface area contributed by atoms with E-state index in [9.17, 15) is 9.59 Å². The van der Waals surface area contributed by atoms with Crippen LogP contribution in [-0.2, 0) is 22.4 Å². The summed E-state index contributed by atoms with van der Waals surface area (Å²) in [5.74, 6) is -0.0995. The van der Waals surface area contributed by atoms with Gasteiger partial charge in [0.25, 0.3) is 5.91 Å². The molecule has 5 heteroatoms. The number of para-hydroxylation sites is 1. The monoisotopic (exact) mass is 383 g/mol. The van der Waals surface area contributed by atoms with E-state index in [0.29, 0.717) is 11.3 Å². The molecule has 0 heterocycles. The van der Waals surface area contributed by atoms with Crippen molar-refractivity contribution in [1.29, 1.82) is 0 Å². The SMILES string of the molecule is CCc1cccc(CC)c1NC(=O)c1ccc(OCC(=O)OC(C)(C)C)cc1. The molecule has 0 spiro atoms. The van der Waals surface area contributed by atoms with Crippen molar-refractivity contribution < 1.29 is 19.1 Å². The first kappa shape index (κ1) is 21.5. The summed E-state index contributed by atoms with van der Waals surface area (Å²) in [5, 5.41) is 3.04. The van der Waals surface area contributed by atoms with Crippen LogP contribution in [0.4, 0.5) is 5.69 Å². The molecule has 0 saturated heterocycles. The lowest BCUT2D eigenvalue weighted by Gasteiger charge is -2.19. The van der Waals surface area contributed by atoms with Gasteiger partial charge in [0.05, 0.1) is 0 Å². The van der Waals surface area contributed by atoms with E-state index in [2.05, 4.69) is 19.2 Å². The van der Waals surface area contributed by atoms with Crippen molar-refractivity contribution in [3.8, 4) is 5.75 Å². The third-order valence-electron chi connectivity index (χ3n) is 4.13. The first-order chi connectivity index (χ1) is 13.2. The van der Waals surface area contributed by atoms with Crippen molar-refractivity contribution in [2.45, 2.75) is 53.1 Å². The Bertz CT molecular complexity index is 797. The van der Waals surface area contributed by atoms with Gasteiger partial charge in [-0.15, -0.1) is 0 Å². The van der Waals surface area contributed by atoms with Gasteiger partial charge in [0.15, 0.2) is 6.61 Å². The van der Waals surface area contributed by atoms with E-state index in [-0.39, 0.29) is 12.5 Å². The molecular weight excluding hydrogens is 354 g/mol. The standard InChI is InChI=1S/C23H29NO4/c1-6-16-9-8-10-17(7-2)21(16)24-22(26)18-11-13-19(14-12-18)27-15-20(25)28-23(3,4)5/h8-14H,6-7,15H2,1-5H3,(H,24,26). The molecule has 2 aromatic carbocycles. The lowest BCUT2D eigenvalue weighted by molar-refractivity contribution is -0.157. The molecule has 0 radical (unpaired) electrons. The minimum absolute atomic E-state index is 0.172. The zero-order valence-corrected chi connectivity index (χ0v) is 17.3. The Hall–Kier alpha value is -2.82. The number of hydrogen-bond acceptors (Lipinski definition) is 4. The highest BCUT2D eigenvalue weighted by Gasteiger charge is 2.17. The normalized spacial score (nSPS) is 11.0. The van der Waals surface area contributed by atoms with Crippen molar-refractivity contribution >= 4 is 17.6 Å². The molecule has 0 unspecified atom stereocenters. The van der Waals surface area contributed by atoms with Gasteiger partial charge in [0.2, 0.25) is 0 Å². The number of benzene rings is 2. The number of rotatable bonds is 7. The zero-order valence-electron chi connectivity index (χ0n) is 17.3. The van der Waals surface area contributed by atoms with Gasteiger partial charge in [-0.05, 0) is 69.0 Å². The average molecular weight is 383 g/mol. The number of amides is 1. The molecule has 1 amide bonds. The smallest absolute Gasteiger partial charge is 0.344 e. The number of aryl methyl sites for hydroxylation is 2. The molecule has 150 valence electrons. The van der Waals surface area contributed by atoms with Crippen LogP contribution in [-0.4, -0.2) is 24.1 Å². The van der Waals surface area contributed by atoms with E-state index >= 15 is 0 Å². The lowest BCUT2D eigenvalue weighted by Crippen LogP contribution is -2.27. The number of hydrogen-bond donors (Lipinski definition) is 1. The molecule has 0 aliphatic heterocycles. The molecule has 0 atom stereocenters. The number of anilines is 1. The van der Waals surface area contributed by atoms with E-state index in [0.717, 1.165) is 29.7 Å². The average Bonchev–Trinajstić information content (AvgIpc) is 2.65. The molecule has 2 rings (SSSR count). The molecule has 0 aliphatic carbocycles. The summed E-state index contributed by atoms with van der Waals surface area (Å²) in [6, 6.07) is 12.8. The van der Waals surface area contributed by atoms with Crippen LogP contribution in [0.5, 0.6) is 5.75 Å². The molecule has 1 N–H and O–H groups in total. The van der Waals surface area contributed by atoms with Gasteiger partial charge in [0, 0.05) is 11.3 Å². The Morgan fingerprint density at radius 3 is 2.00 bits per heavy atom. The van der Waals surface area contributed by atoms with Gasteiger partial charge in [-0.2, -0.15) is 0 Å². The number of nitrogens with one attached hydrogen (secondary N) is 1. The number of carbonyl (C=O) groups excluding carboxylic acids is 2. The van der Waals surface area contributed by atoms with Crippen LogP contribution in [0.3, 0.4) is 0 Å². The van der Waals surface area contributed by atoms with Gasteiger partial charge in [-0.1, -0.05) is 32.0 Å². The second-order valence-corrected chi connectivity index (χ2v) is 7.51. The maximum atomic E-state index is 12.7. The Morgan fingerprint density at radius 2 is 1.50 bits per heavy atom. The molecule has 28 heavy (non-hydrogen) atoms. The first-order valence-corrected chi connectivity index (χ1v) is 9.60. The topological polar surface area (TPSA) is 64.6 Å². The van der Waals surface area contributed by atoms with Crippen LogP contribution in [0.15, 0.2) is 42.5 Å². The summed E-state index contributed by atoms with van der Waals surface area (Å²) >= 11 is 0. The van der Waals surface area contributed by atoms with Crippen molar-refractivity contribution in [3.05, 3.63) is 59.2 Å². The lowest BCUT2D eigenvalue weighted by atomic mass is 10.0. The second kappa shape index (κ2) is 9.40. The van der Waals surface area contributed by atoms with Crippen LogP contribution >= 0.6 is 0 Å². The highest BCUT2D eigenvalue weighted by atomic mass is 16.6. The summed E-state index contributed by atoms with van der Waals surface area (Å²) in [6.07, 6.45) is 1.70. The minimum atomic E-state index is -0.547. The Balaban J connectivity index is 2.02. The third kappa shape index (κ3) is 6.12. The maximum Gasteiger partial charge on any atom is 0.344 e.